The summed E-state index contributed by atoms with van der Waals surface area (Å²) in [6, 6.07) is 0. The van der Waals surface area contributed by atoms with Crippen molar-refractivity contribution >= 4 is 6.29 Å². The van der Waals surface area contributed by atoms with Gasteiger partial charge in [-0.2, -0.15) is 0 Å². The summed E-state index contributed by atoms with van der Waals surface area (Å²) in [5.74, 6) is 0. The van der Waals surface area contributed by atoms with Crippen molar-refractivity contribution in [3.63, 3.8) is 0 Å². The molecule has 0 aliphatic heterocycles. The Hall–Kier alpha value is 0.370. The molecule has 3 heteroatoms. The Morgan fingerprint density at radius 1 is 1.71 bits per heavy atom. The quantitative estimate of drug-likeness (QED) is 0.353. The minimum atomic E-state index is 0. The molecule has 0 saturated carbocycles. The molecule has 2 nitrogen and oxygen atoms in total. The van der Waals surface area contributed by atoms with Gasteiger partial charge in [0.25, 0.3) is 0 Å². The van der Waals surface area contributed by atoms with Crippen LogP contribution in [-0.2, 0) is 31.9 Å². The molecule has 0 aromatic carbocycles. The van der Waals surface area contributed by atoms with Gasteiger partial charge < -0.3 is 9.53 Å². The molecule has 0 aliphatic carbocycles. The molecule has 0 aliphatic rings. The van der Waals surface area contributed by atoms with Gasteiger partial charge in [-0.3, -0.25) is 0 Å². The van der Waals surface area contributed by atoms with Crippen LogP contribution in [0.2, 0.25) is 0 Å². The normalized spacial score (nSPS) is 7.00. The van der Waals surface area contributed by atoms with Crippen LogP contribution in [0.5, 0.6) is 0 Å². The van der Waals surface area contributed by atoms with Gasteiger partial charge in [0, 0.05) is 29.0 Å². The van der Waals surface area contributed by atoms with Gasteiger partial charge in [0.1, 0.15) is 12.9 Å². The molecule has 0 rings (SSSR count). The van der Waals surface area contributed by atoms with Gasteiger partial charge in [0.2, 0.25) is 0 Å². The van der Waals surface area contributed by atoms with Crippen LogP contribution in [0.25, 0.3) is 0 Å². The summed E-state index contributed by atoms with van der Waals surface area (Å²) in [5.41, 5.74) is 0. The van der Waals surface area contributed by atoms with E-state index in [2.05, 4.69) is 4.74 Å². The SMILES string of the molecule is CCOCC=O.[Nb]. The van der Waals surface area contributed by atoms with Crippen LogP contribution >= 0.6 is 0 Å². The zero-order valence-electron chi connectivity index (χ0n) is 4.26. The maximum Gasteiger partial charge on any atom is 0.145 e. The first-order valence-corrected chi connectivity index (χ1v) is 1.93. The molecule has 0 unspecified atom stereocenters. The van der Waals surface area contributed by atoms with E-state index in [1.54, 1.807) is 0 Å². The molecule has 0 saturated heterocycles. The van der Waals surface area contributed by atoms with E-state index >= 15 is 0 Å². The summed E-state index contributed by atoms with van der Waals surface area (Å²) < 4.78 is 4.61. The molecule has 0 bridgehead atoms. The zero-order valence-corrected chi connectivity index (χ0v) is 6.45. The van der Waals surface area contributed by atoms with E-state index in [9.17, 15) is 4.79 Å². The number of carbonyl (C=O) groups is 1. The van der Waals surface area contributed by atoms with Crippen molar-refractivity contribution in [1.82, 2.24) is 0 Å². The Morgan fingerprint density at radius 2 is 2.29 bits per heavy atom. The van der Waals surface area contributed by atoms with Gasteiger partial charge in [-0.1, -0.05) is 0 Å². The van der Waals surface area contributed by atoms with Gasteiger partial charge >= 0.3 is 0 Å². The largest absolute Gasteiger partial charge is 0.374 e. The van der Waals surface area contributed by atoms with E-state index in [0.717, 1.165) is 6.29 Å². The van der Waals surface area contributed by atoms with E-state index in [0.29, 0.717) is 6.61 Å². The van der Waals surface area contributed by atoms with Crippen LogP contribution in [0, 0.1) is 0 Å². The van der Waals surface area contributed by atoms with Crippen LogP contribution in [-0.4, -0.2) is 19.5 Å². The maximum atomic E-state index is 9.44. The summed E-state index contributed by atoms with van der Waals surface area (Å²) in [5, 5.41) is 0. The molecule has 0 fully saturated rings. The first kappa shape index (κ1) is 10.4. The van der Waals surface area contributed by atoms with Crippen molar-refractivity contribution in [3.8, 4) is 0 Å². The molecular formula is C4H8NbO2. The Kier molecular flexibility index (Phi) is 14.3. The summed E-state index contributed by atoms with van der Waals surface area (Å²) in [6.45, 7) is 2.71. The molecule has 1 radical (unpaired) electrons. The summed E-state index contributed by atoms with van der Waals surface area (Å²) >= 11 is 0. The third kappa shape index (κ3) is 10.7. The molecule has 0 N–H and O–H groups in total. The Morgan fingerprint density at radius 3 is 2.43 bits per heavy atom. The summed E-state index contributed by atoms with van der Waals surface area (Å²) in [7, 11) is 0. The first-order valence-electron chi connectivity index (χ1n) is 1.93. The second-order valence-corrected chi connectivity index (χ2v) is 0.826. The van der Waals surface area contributed by atoms with Crippen molar-refractivity contribution in [1.29, 1.82) is 0 Å². The van der Waals surface area contributed by atoms with Crippen molar-refractivity contribution in [2.75, 3.05) is 13.2 Å². The number of hydrogen-bond donors (Lipinski definition) is 0. The maximum absolute atomic E-state index is 9.44. The van der Waals surface area contributed by atoms with Crippen molar-refractivity contribution in [3.05, 3.63) is 0 Å². The fraction of sp³-hybridized carbons (Fsp3) is 0.750. The van der Waals surface area contributed by atoms with E-state index in [1.165, 1.54) is 0 Å². The van der Waals surface area contributed by atoms with Gasteiger partial charge in [-0.25, -0.2) is 0 Å². The number of ether oxygens (including phenoxy) is 1. The molecule has 0 aromatic heterocycles. The average Bonchev–Trinajstić information content (AvgIpc) is 1.61. The second-order valence-electron chi connectivity index (χ2n) is 0.826. The minimum Gasteiger partial charge on any atom is -0.374 e. The van der Waals surface area contributed by atoms with Crippen LogP contribution in [0.1, 0.15) is 6.92 Å². The van der Waals surface area contributed by atoms with E-state index in [4.69, 9.17) is 0 Å². The monoisotopic (exact) mass is 181 g/mol. The molecule has 7 heavy (non-hydrogen) atoms. The minimum absolute atomic E-state index is 0. The second kappa shape index (κ2) is 9.62. The number of carbonyl (C=O) groups excluding carboxylic acids is 1. The van der Waals surface area contributed by atoms with Crippen LogP contribution in [0.15, 0.2) is 0 Å². The fourth-order valence-corrected chi connectivity index (χ4v) is 0.166. The molecular weight excluding hydrogens is 173 g/mol. The summed E-state index contributed by atoms with van der Waals surface area (Å²) in [6.07, 6.45) is 0.740. The van der Waals surface area contributed by atoms with Crippen LogP contribution < -0.4 is 0 Å². The number of rotatable bonds is 3. The van der Waals surface area contributed by atoms with E-state index < -0.39 is 0 Å². The van der Waals surface area contributed by atoms with Crippen LogP contribution in [0.4, 0.5) is 0 Å². The summed E-state index contributed by atoms with van der Waals surface area (Å²) in [4.78, 5) is 9.44. The van der Waals surface area contributed by atoms with Crippen molar-refractivity contribution in [2.24, 2.45) is 0 Å². The zero-order chi connectivity index (χ0) is 4.83. The van der Waals surface area contributed by atoms with Crippen molar-refractivity contribution < 1.29 is 31.9 Å². The topological polar surface area (TPSA) is 26.3 Å². The van der Waals surface area contributed by atoms with Gasteiger partial charge in [0.15, 0.2) is 0 Å². The third-order valence-electron chi connectivity index (χ3n) is 0.390. The Labute approximate surface area is 58.7 Å². The molecule has 0 amide bonds. The van der Waals surface area contributed by atoms with Crippen molar-refractivity contribution in [2.45, 2.75) is 6.92 Å². The third-order valence-corrected chi connectivity index (χ3v) is 0.390. The predicted molar refractivity (Wildman–Crippen MR) is 22.6 cm³/mol. The number of aldehydes is 1. The van der Waals surface area contributed by atoms with Gasteiger partial charge in [-0.15, -0.1) is 0 Å². The molecule has 0 atom stereocenters. The molecule has 41 valence electrons. The standard InChI is InChI=1S/C4H8O2.Nb/c1-2-6-4-3-5;/h3H,2,4H2,1H3;. The van der Waals surface area contributed by atoms with E-state index in [-0.39, 0.29) is 29.0 Å². The van der Waals surface area contributed by atoms with E-state index in [1.807, 2.05) is 6.92 Å². The molecule has 0 spiro atoms. The first-order chi connectivity index (χ1) is 2.91. The fourth-order valence-electron chi connectivity index (χ4n) is 0.166. The predicted octanol–water partition coefficient (Wildman–Crippen LogP) is 0.219. The molecule has 0 heterocycles. The average molecular weight is 181 g/mol. The number of hydrogen-bond acceptors (Lipinski definition) is 2. The van der Waals surface area contributed by atoms with Gasteiger partial charge in [0.05, 0.1) is 0 Å². The van der Waals surface area contributed by atoms with Crippen LogP contribution in [0.3, 0.4) is 0 Å². The Balaban J connectivity index is 0. The Bertz CT molecular complexity index is 38.7. The van der Waals surface area contributed by atoms with Gasteiger partial charge in [-0.05, 0) is 6.92 Å². The smallest absolute Gasteiger partial charge is 0.145 e. The molecule has 0 aromatic rings.